The van der Waals surface area contributed by atoms with Crippen LogP contribution in [0.15, 0.2) is 48.5 Å². The van der Waals surface area contributed by atoms with Crippen molar-refractivity contribution < 1.29 is 19.0 Å². The lowest BCUT2D eigenvalue weighted by atomic mass is 9.86. The van der Waals surface area contributed by atoms with E-state index in [1.54, 1.807) is 19.2 Å². The lowest BCUT2D eigenvalue weighted by Crippen LogP contribution is -2.39. The Morgan fingerprint density at radius 1 is 1.00 bits per heavy atom. The largest absolute Gasteiger partial charge is 0.493 e. The fourth-order valence-corrected chi connectivity index (χ4v) is 2.85. The number of para-hydroxylation sites is 3. The van der Waals surface area contributed by atoms with Crippen LogP contribution in [0, 0.1) is 0 Å². The molecule has 2 aromatic carbocycles. The van der Waals surface area contributed by atoms with Crippen LogP contribution < -0.4 is 19.5 Å². The number of rotatable bonds is 9. The van der Waals surface area contributed by atoms with Crippen LogP contribution in [0.5, 0.6) is 17.2 Å². The van der Waals surface area contributed by atoms with Crippen LogP contribution in [0.25, 0.3) is 0 Å². The first kappa shape index (κ1) is 21.6. The second-order valence-corrected chi connectivity index (χ2v) is 7.55. The smallest absolute Gasteiger partial charge is 0.261 e. The molecule has 0 aliphatic carbocycles. The lowest BCUT2D eigenvalue weighted by molar-refractivity contribution is -0.128. The number of nitrogens with one attached hydrogen (secondary N) is 1. The minimum absolute atomic E-state index is 0.00424. The molecule has 1 amide bonds. The fourth-order valence-electron chi connectivity index (χ4n) is 2.85. The molecule has 0 fully saturated rings. The molecule has 0 spiro atoms. The molecule has 0 heterocycles. The predicted octanol–water partition coefficient (Wildman–Crippen LogP) is 4.35. The number of carbonyl (C=O) groups is 1. The number of ether oxygens (including phenoxy) is 3. The minimum atomic E-state index is -0.585. The normalized spacial score (nSPS) is 12.2. The van der Waals surface area contributed by atoms with Crippen LogP contribution in [0.3, 0.4) is 0 Å². The highest BCUT2D eigenvalue weighted by Gasteiger charge is 2.20. The van der Waals surface area contributed by atoms with Crippen molar-refractivity contribution >= 4 is 5.91 Å². The van der Waals surface area contributed by atoms with Gasteiger partial charge in [0.05, 0.1) is 13.7 Å². The highest BCUT2D eigenvalue weighted by molar-refractivity contribution is 5.81. The van der Waals surface area contributed by atoms with Gasteiger partial charge in [-0.05, 0) is 35.6 Å². The van der Waals surface area contributed by atoms with E-state index in [2.05, 4.69) is 32.2 Å². The summed E-state index contributed by atoms with van der Waals surface area (Å²) in [5, 5.41) is 2.89. The number of hydrogen-bond acceptors (Lipinski definition) is 4. The average Bonchev–Trinajstić information content (AvgIpc) is 2.69. The van der Waals surface area contributed by atoms with E-state index in [4.69, 9.17) is 14.2 Å². The van der Waals surface area contributed by atoms with Gasteiger partial charge in [0.1, 0.15) is 12.4 Å². The zero-order chi connectivity index (χ0) is 20.6. The lowest BCUT2D eigenvalue weighted by Gasteiger charge is -2.23. The van der Waals surface area contributed by atoms with Crippen molar-refractivity contribution in [1.29, 1.82) is 0 Å². The molecule has 0 aromatic heterocycles. The Hall–Kier alpha value is -2.69. The number of carbonyl (C=O) groups excluding carboxylic acids is 1. The van der Waals surface area contributed by atoms with Gasteiger partial charge >= 0.3 is 0 Å². The Morgan fingerprint density at radius 2 is 1.61 bits per heavy atom. The fraction of sp³-hybridized carbons (Fsp3) is 0.435. The second kappa shape index (κ2) is 10.0. The molecule has 0 radical (unpaired) electrons. The molecule has 2 rings (SSSR count). The third-order valence-corrected chi connectivity index (χ3v) is 4.36. The first-order valence-corrected chi connectivity index (χ1v) is 9.66. The molecule has 0 bridgehead atoms. The highest BCUT2D eigenvalue weighted by atomic mass is 16.5. The van der Waals surface area contributed by atoms with Crippen molar-refractivity contribution in [3.8, 4) is 17.2 Å². The average molecular weight is 386 g/mol. The molecule has 0 saturated heterocycles. The van der Waals surface area contributed by atoms with E-state index in [9.17, 15) is 4.79 Å². The van der Waals surface area contributed by atoms with E-state index in [1.807, 2.05) is 37.3 Å². The van der Waals surface area contributed by atoms with Gasteiger partial charge in [0.15, 0.2) is 17.6 Å². The van der Waals surface area contributed by atoms with Crippen LogP contribution in [-0.4, -0.2) is 32.3 Å². The van der Waals surface area contributed by atoms with E-state index in [0.717, 1.165) is 11.3 Å². The molecule has 1 atom stereocenters. The summed E-state index contributed by atoms with van der Waals surface area (Å²) in [4.78, 5) is 12.5. The van der Waals surface area contributed by atoms with Gasteiger partial charge in [0.2, 0.25) is 0 Å². The van der Waals surface area contributed by atoms with Gasteiger partial charge in [0.25, 0.3) is 5.91 Å². The van der Waals surface area contributed by atoms with Gasteiger partial charge in [-0.25, -0.2) is 0 Å². The SMILES string of the molecule is CCC(Oc1ccccc1OC)C(=O)NCCOc1ccccc1C(C)(C)C. The summed E-state index contributed by atoms with van der Waals surface area (Å²) in [7, 11) is 1.58. The molecule has 2 aromatic rings. The Labute approximate surface area is 168 Å². The molecule has 5 heteroatoms. The van der Waals surface area contributed by atoms with Crippen molar-refractivity contribution in [2.75, 3.05) is 20.3 Å². The quantitative estimate of drug-likeness (QED) is 0.652. The van der Waals surface area contributed by atoms with Gasteiger partial charge in [0, 0.05) is 0 Å². The first-order valence-electron chi connectivity index (χ1n) is 9.66. The zero-order valence-electron chi connectivity index (χ0n) is 17.5. The van der Waals surface area contributed by atoms with Crippen molar-refractivity contribution in [3.05, 3.63) is 54.1 Å². The summed E-state index contributed by atoms with van der Waals surface area (Å²) in [5.41, 5.74) is 1.14. The maximum atomic E-state index is 12.5. The molecule has 0 aliphatic rings. The second-order valence-electron chi connectivity index (χ2n) is 7.55. The standard InChI is InChI=1S/C23H31NO4/c1-6-18(28-21-14-10-9-13-20(21)26-5)22(25)24-15-16-27-19-12-8-7-11-17(19)23(2,3)4/h7-14,18H,6,15-16H2,1-5H3,(H,24,25). The van der Waals surface area contributed by atoms with Gasteiger partial charge in [-0.3, -0.25) is 4.79 Å². The Balaban J connectivity index is 1.88. The summed E-state index contributed by atoms with van der Waals surface area (Å²) in [6, 6.07) is 15.3. The topological polar surface area (TPSA) is 56.8 Å². The van der Waals surface area contributed by atoms with E-state index >= 15 is 0 Å². The molecule has 28 heavy (non-hydrogen) atoms. The van der Waals surface area contributed by atoms with Crippen molar-refractivity contribution in [2.45, 2.75) is 45.6 Å². The van der Waals surface area contributed by atoms with Gasteiger partial charge in [-0.1, -0.05) is 58.0 Å². The Bertz CT molecular complexity index is 767. The Morgan fingerprint density at radius 3 is 2.21 bits per heavy atom. The number of hydrogen-bond donors (Lipinski definition) is 1. The molecule has 5 nitrogen and oxygen atoms in total. The molecule has 0 aliphatic heterocycles. The van der Waals surface area contributed by atoms with Crippen LogP contribution in [0.2, 0.25) is 0 Å². The van der Waals surface area contributed by atoms with Crippen LogP contribution in [-0.2, 0) is 10.2 Å². The number of benzene rings is 2. The Kier molecular flexibility index (Phi) is 7.73. The minimum Gasteiger partial charge on any atom is -0.493 e. The molecular formula is C23H31NO4. The third-order valence-electron chi connectivity index (χ3n) is 4.36. The van der Waals surface area contributed by atoms with Crippen LogP contribution in [0.4, 0.5) is 0 Å². The summed E-state index contributed by atoms with van der Waals surface area (Å²) < 4.78 is 17.0. The van der Waals surface area contributed by atoms with Gasteiger partial charge in [-0.2, -0.15) is 0 Å². The first-order chi connectivity index (χ1) is 13.4. The van der Waals surface area contributed by atoms with Gasteiger partial charge < -0.3 is 19.5 Å². The molecule has 152 valence electrons. The van der Waals surface area contributed by atoms with Gasteiger partial charge in [-0.15, -0.1) is 0 Å². The molecule has 1 N–H and O–H groups in total. The maximum absolute atomic E-state index is 12.5. The van der Waals surface area contributed by atoms with E-state index in [0.29, 0.717) is 31.1 Å². The van der Waals surface area contributed by atoms with Crippen LogP contribution in [0.1, 0.15) is 39.7 Å². The van der Waals surface area contributed by atoms with Crippen molar-refractivity contribution in [2.24, 2.45) is 0 Å². The maximum Gasteiger partial charge on any atom is 0.261 e. The van der Waals surface area contributed by atoms with Crippen LogP contribution >= 0.6 is 0 Å². The van der Waals surface area contributed by atoms with E-state index < -0.39 is 6.10 Å². The molecule has 0 saturated carbocycles. The summed E-state index contributed by atoms with van der Waals surface area (Å²) in [6.07, 6.45) is -0.0319. The third kappa shape index (κ3) is 5.91. The zero-order valence-corrected chi connectivity index (χ0v) is 17.5. The molecular weight excluding hydrogens is 354 g/mol. The monoisotopic (exact) mass is 385 g/mol. The molecule has 1 unspecified atom stereocenters. The van der Waals surface area contributed by atoms with E-state index in [1.165, 1.54) is 0 Å². The predicted molar refractivity (Wildman–Crippen MR) is 111 cm³/mol. The summed E-state index contributed by atoms with van der Waals surface area (Å²) in [6.45, 7) is 9.16. The highest BCUT2D eigenvalue weighted by Crippen LogP contribution is 2.31. The van der Waals surface area contributed by atoms with Crippen molar-refractivity contribution in [3.63, 3.8) is 0 Å². The van der Waals surface area contributed by atoms with E-state index in [-0.39, 0.29) is 11.3 Å². The summed E-state index contributed by atoms with van der Waals surface area (Å²) in [5.74, 6) is 1.85. The number of amides is 1. The van der Waals surface area contributed by atoms with Crippen molar-refractivity contribution in [1.82, 2.24) is 5.32 Å². The summed E-state index contributed by atoms with van der Waals surface area (Å²) >= 11 is 0. The number of methoxy groups -OCH3 is 1.